The van der Waals surface area contributed by atoms with Gasteiger partial charge < -0.3 is 10.2 Å². The number of aromatic amines is 1. The van der Waals surface area contributed by atoms with E-state index in [4.69, 9.17) is 0 Å². The Morgan fingerprint density at radius 1 is 1.52 bits per heavy atom. The monoisotopic (exact) mass is 304 g/mol. The summed E-state index contributed by atoms with van der Waals surface area (Å²) in [6.07, 6.45) is 0.414. The molecule has 110 valence electrons. The van der Waals surface area contributed by atoms with Crippen LogP contribution in [0.5, 0.6) is 0 Å². The summed E-state index contributed by atoms with van der Waals surface area (Å²) in [5, 5.41) is 5.12. The van der Waals surface area contributed by atoms with E-state index in [2.05, 4.69) is 15.3 Å². The van der Waals surface area contributed by atoms with Crippen molar-refractivity contribution >= 4 is 23.2 Å². The maximum atomic E-state index is 11.8. The van der Waals surface area contributed by atoms with E-state index in [0.29, 0.717) is 31.2 Å². The summed E-state index contributed by atoms with van der Waals surface area (Å²) in [6, 6.07) is 5.48. The number of nitrogens with zero attached hydrogens (tertiary/aromatic N) is 2. The predicted octanol–water partition coefficient (Wildman–Crippen LogP) is 1.39. The topological polar surface area (TPSA) is 78.1 Å². The molecule has 1 amide bonds. The number of likely N-dealkylation sites (tertiary alicyclic amines) is 1. The van der Waals surface area contributed by atoms with Crippen LogP contribution in [0.3, 0.4) is 0 Å². The van der Waals surface area contributed by atoms with Crippen LogP contribution in [-0.4, -0.2) is 34.4 Å². The second-order valence-electron chi connectivity index (χ2n) is 5.13. The summed E-state index contributed by atoms with van der Waals surface area (Å²) in [5.74, 6) is 0.537. The molecule has 21 heavy (non-hydrogen) atoms. The molecule has 3 rings (SSSR count). The highest BCUT2D eigenvalue weighted by atomic mass is 32.1. The van der Waals surface area contributed by atoms with Gasteiger partial charge in [0, 0.05) is 36.9 Å². The minimum atomic E-state index is -0.198. The molecule has 0 aromatic carbocycles. The third-order valence-electron chi connectivity index (χ3n) is 3.53. The quantitative estimate of drug-likeness (QED) is 0.895. The van der Waals surface area contributed by atoms with Gasteiger partial charge in [-0.15, -0.1) is 11.3 Å². The fraction of sp³-hybridized carbons (Fsp3) is 0.357. The lowest BCUT2D eigenvalue weighted by atomic mass is 10.0. The van der Waals surface area contributed by atoms with Crippen LogP contribution in [0.1, 0.15) is 22.9 Å². The summed E-state index contributed by atoms with van der Waals surface area (Å²) < 4.78 is 0. The average molecular weight is 304 g/mol. The van der Waals surface area contributed by atoms with E-state index in [9.17, 15) is 9.59 Å². The van der Waals surface area contributed by atoms with Crippen LogP contribution in [0.4, 0.5) is 5.95 Å². The molecule has 0 spiro atoms. The van der Waals surface area contributed by atoms with Crippen molar-refractivity contribution in [2.24, 2.45) is 0 Å². The van der Waals surface area contributed by atoms with Crippen LogP contribution < -0.4 is 10.9 Å². The molecule has 0 saturated carbocycles. The number of hydrogen-bond donors (Lipinski definition) is 2. The molecule has 0 aliphatic carbocycles. The van der Waals surface area contributed by atoms with Gasteiger partial charge in [-0.3, -0.25) is 14.6 Å². The summed E-state index contributed by atoms with van der Waals surface area (Å²) in [5.41, 5.74) is 0.473. The molecule has 0 radical (unpaired) electrons. The first-order valence-corrected chi connectivity index (χ1v) is 7.61. The van der Waals surface area contributed by atoms with Gasteiger partial charge in [-0.25, -0.2) is 4.98 Å². The maximum Gasteiger partial charge on any atom is 0.252 e. The lowest BCUT2D eigenvalue weighted by Crippen LogP contribution is -2.19. The fourth-order valence-electron chi connectivity index (χ4n) is 2.41. The molecule has 0 bridgehead atoms. The zero-order valence-electron chi connectivity index (χ0n) is 11.6. The van der Waals surface area contributed by atoms with E-state index in [1.807, 2.05) is 17.5 Å². The zero-order chi connectivity index (χ0) is 14.8. The number of aromatic nitrogens is 2. The number of H-pyrrole nitrogens is 1. The SMILES string of the molecule is CN1C[C@H](c2cc(=O)[nH]c(NCc3cccs3)n2)CC1=O. The number of carbonyl (C=O) groups excluding carboxylic acids is 1. The standard InChI is InChI=1S/C14H16N4O2S/c1-18-8-9(5-13(18)20)11-6-12(19)17-14(16-11)15-7-10-3-2-4-21-10/h2-4,6,9H,5,7-8H2,1H3,(H2,15,16,17,19)/t9-/m1/s1. The van der Waals surface area contributed by atoms with Crippen molar-refractivity contribution in [2.75, 3.05) is 18.9 Å². The van der Waals surface area contributed by atoms with Crippen LogP contribution in [-0.2, 0) is 11.3 Å². The Bertz CT molecular complexity index is 695. The Labute approximate surface area is 125 Å². The highest BCUT2D eigenvalue weighted by Gasteiger charge is 2.29. The number of amides is 1. The van der Waals surface area contributed by atoms with Crippen molar-refractivity contribution in [3.05, 3.63) is 44.5 Å². The lowest BCUT2D eigenvalue weighted by molar-refractivity contribution is -0.126. The smallest absolute Gasteiger partial charge is 0.252 e. The summed E-state index contributed by atoms with van der Waals surface area (Å²) in [4.78, 5) is 33.3. The number of anilines is 1. The largest absolute Gasteiger partial charge is 0.351 e. The number of rotatable bonds is 4. The van der Waals surface area contributed by atoms with Crippen LogP contribution in [0.25, 0.3) is 0 Å². The Kier molecular flexibility index (Phi) is 3.74. The van der Waals surface area contributed by atoms with Crippen molar-refractivity contribution in [3.8, 4) is 0 Å². The van der Waals surface area contributed by atoms with Gasteiger partial charge in [0.05, 0.1) is 12.2 Å². The van der Waals surface area contributed by atoms with Crippen LogP contribution >= 0.6 is 11.3 Å². The average Bonchev–Trinajstić information content (AvgIpc) is 3.07. The van der Waals surface area contributed by atoms with Crippen molar-refractivity contribution in [3.63, 3.8) is 0 Å². The first-order valence-electron chi connectivity index (χ1n) is 6.73. The fourth-order valence-corrected chi connectivity index (χ4v) is 3.06. The molecule has 1 aliphatic heterocycles. The van der Waals surface area contributed by atoms with E-state index in [1.165, 1.54) is 10.9 Å². The summed E-state index contributed by atoms with van der Waals surface area (Å²) >= 11 is 1.64. The van der Waals surface area contributed by atoms with Crippen LogP contribution in [0.2, 0.25) is 0 Å². The minimum Gasteiger partial charge on any atom is -0.351 e. The maximum absolute atomic E-state index is 11.8. The molecule has 2 N–H and O–H groups in total. The van der Waals surface area contributed by atoms with Gasteiger partial charge in [0.1, 0.15) is 0 Å². The van der Waals surface area contributed by atoms with Crippen LogP contribution in [0.15, 0.2) is 28.4 Å². The van der Waals surface area contributed by atoms with Gasteiger partial charge in [0.25, 0.3) is 5.56 Å². The molecule has 2 aromatic rings. The molecule has 1 saturated heterocycles. The number of likely N-dealkylation sites (N-methyl/N-ethyl adjacent to an activating group) is 1. The van der Waals surface area contributed by atoms with E-state index in [0.717, 1.165) is 0 Å². The molecule has 1 aliphatic rings. The molecule has 0 unspecified atom stereocenters. The van der Waals surface area contributed by atoms with E-state index >= 15 is 0 Å². The molecule has 6 nitrogen and oxygen atoms in total. The van der Waals surface area contributed by atoms with Gasteiger partial charge >= 0.3 is 0 Å². The number of thiophene rings is 1. The van der Waals surface area contributed by atoms with E-state index < -0.39 is 0 Å². The van der Waals surface area contributed by atoms with E-state index in [-0.39, 0.29) is 17.4 Å². The molecule has 1 fully saturated rings. The van der Waals surface area contributed by atoms with Gasteiger partial charge in [-0.1, -0.05) is 6.07 Å². The molecule has 2 aromatic heterocycles. The summed E-state index contributed by atoms with van der Waals surface area (Å²) in [6.45, 7) is 1.23. The molecular formula is C14H16N4O2S. The Hall–Kier alpha value is -2.15. The van der Waals surface area contributed by atoms with Crippen LogP contribution in [0, 0.1) is 0 Å². The number of nitrogens with one attached hydrogen (secondary N) is 2. The highest BCUT2D eigenvalue weighted by Crippen LogP contribution is 2.25. The second kappa shape index (κ2) is 5.69. The Morgan fingerprint density at radius 2 is 2.38 bits per heavy atom. The Morgan fingerprint density at radius 3 is 3.05 bits per heavy atom. The Balaban J connectivity index is 1.76. The lowest BCUT2D eigenvalue weighted by Gasteiger charge is -2.11. The third-order valence-corrected chi connectivity index (χ3v) is 4.41. The van der Waals surface area contributed by atoms with Gasteiger partial charge in [0.2, 0.25) is 11.9 Å². The van der Waals surface area contributed by atoms with Gasteiger partial charge in [0.15, 0.2) is 0 Å². The van der Waals surface area contributed by atoms with Crippen molar-refractivity contribution in [2.45, 2.75) is 18.9 Å². The van der Waals surface area contributed by atoms with Crippen molar-refractivity contribution in [1.29, 1.82) is 0 Å². The highest BCUT2D eigenvalue weighted by molar-refractivity contribution is 7.09. The minimum absolute atomic E-state index is 0.00733. The van der Waals surface area contributed by atoms with Gasteiger partial charge in [-0.2, -0.15) is 0 Å². The predicted molar refractivity (Wildman–Crippen MR) is 81.5 cm³/mol. The number of carbonyl (C=O) groups is 1. The first kappa shape index (κ1) is 13.8. The second-order valence-corrected chi connectivity index (χ2v) is 6.16. The molecule has 1 atom stereocenters. The zero-order valence-corrected chi connectivity index (χ0v) is 12.4. The van der Waals surface area contributed by atoms with Crippen molar-refractivity contribution < 1.29 is 4.79 Å². The van der Waals surface area contributed by atoms with Crippen molar-refractivity contribution in [1.82, 2.24) is 14.9 Å². The molecule has 3 heterocycles. The molecular weight excluding hydrogens is 288 g/mol. The van der Waals surface area contributed by atoms with E-state index in [1.54, 1.807) is 23.3 Å². The van der Waals surface area contributed by atoms with Gasteiger partial charge in [-0.05, 0) is 11.4 Å². The normalized spacial score (nSPS) is 18.2. The number of hydrogen-bond acceptors (Lipinski definition) is 5. The third kappa shape index (κ3) is 3.13. The first-order chi connectivity index (χ1) is 10.1. The molecule has 7 heteroatoms. The summed E-state index contributed by atoms with van der Waals surface area (Å²) in [7, 11) is 1.77.